The van der Waals surface area contributed by atoms with Crippen LogP contribution in [-0.4, -0.2) is 23.5 Å². The fourth-order valence-corrected chi connectivity index (χ4v) is 2.98. The summed E-state index contributed by atoms with van der Waals surface area (Å²) in [5.41, 5.74) is 3.65. The smallest absolute Gasteiger partial charge is 0.192 e. The molecule has 0 radical (unpaired) electrons. The van der Waals surface area contributed by atoms with Gasteiger partial charge in [0, 0.05) is 6.42 Å². The number of carbonyl (C=O) groups is 1. The second-order valence-electron chi connectivity index (χ2n) is 7.05. The zero-order chi connectivity index (χ0) is 17.2. The molecular weight excluding hydrogens is 286 g/mol. The minimum atomic E-state index is -0.415. The molecule has 0 heterocycles. The molecule has 0 aliphatic carbocycles. The first-order valence-electron chi connectivity index (χ1n) is 10.2. The number of carbonyl (C=O) groups excluding carboxylic acids is 1. The van der Waals surface area contributed by atoms with E-state index in [-0.39, 0.29) is 12.4 Å². The molecule has 1 atom stereocenters. The summed E-state index contributed by atoms with van der Waals surface area (Å²) in [5, 5.41) is 8.85. The maximum atomic E-state index is 11.5. The number of hydrogen-bond acceptors (Lipinski definition) is 2. The third-order valence-corrected chi connectivity index (χ3v) is 4.70. The normalized spacial score (nSPS) is 12.5. The van der Waals surface area contributed by atoms with Crippen molar-refractivity contribution in [3.8, 4) is 0 Å². The molecule has 23 heavy (non-hydrogen) atoms. The zero-order valence-electron chi connectivity index (χ0n) is 15.7. The molecule has 0 aromatic rings. The minimum Gasteiger partial charge on any atom is -0.390 e. The number of rotatable bonds is 18. The van der Waals surface area contributed by atoms with Crippen LogP contribution >= 0.6 is 0 Å². The summed E-state index contributed by atoms with van der Waals surface area (Å²) in [5.74, 6) is 0.113. The Balaban J connectivity index is 3.09. The lowest BCUT2D eigenvalue weighted by Gasteiger charge is -2.04. The van der Waals surface area contributed by atoms with Crippen LogP contribution in [0.4, 0.5) is 0 Å². The van der Waals surface area contributed by atoms with Crippen LogP contribution in [0.25, 0.3) is 0 Å². The molecule has 3 nitrogen and oxygen atoms in total. The molecule has 0 spiro atoms. The molecule has 138 valence electrons. The van der Waals surface area contributed by atoms with Crippen molar-refractivity contribution < 1.29 is 15.6 Å². The number of aliphatic hydroxyl groups is 1. The molecule has 0 aromatic heterocycles. The van der Waals surface area contributed by atoms with E-state index in [9.17, 15) is 4.79 Å². The highest BCUT2D eigenvalue weighted by Crippen LogP contribution is 2.13. The average molecular weight is 329 g/mol. The molecule has 0 unspecified atom stereocenters. The van der Waals surface area contributed by atoms with Gasteiger partial charge in [0.05, 0.1) is 0 Å². The SMILES string of the molecule is CCCCCCCCCCCCCCCCCC(=O)[C@@H]([NH3+])CO. The van der Waals surface area contributed by atoms with Crippen LogP contribution in [0.2, 0.25) is 0 Å². The van der Waals surface area contributed by atoms with Crippen molar-refractivity contribution in [3.05, 3.63) is 0 Å². The number of quaternary nitrogens is 1. The summed E-state index contributed by atoms with van der Waals surface area (Å²) in [6.07, 6.45) is 20.7. The molecule has 0 aliphatic rings. The highest BCUT2D eigenvalue weighted by molar-refractivity contribution is 5.82. The van der Waals surface area contributed by atoms with Crippen LogP contribution in [0.5, 0.6) is 0 Å². The molecule has 0 aromatic carbocycles. The maximum Gasteiger partial charge on any atom is 0.192 e. The molecule has 0 amide bonds. The van der Waals surface area contributed by atoms with Gasteiger partial charge in [0.1, 0.15) is 6.61 Å². The van der Waals surface area contributed by atoms with Crippen molar-refractivity contribution >= 4 is 5.78 Å². The highest BCUT2D eigenvalue weighted by atomic mass is 16.3. The van der Waals surface area contributed by atoms with Crippen LogP contribution in [0.3, 0.4) is 0 Å². The predicted octanol–water partition coefficient (Wildman–Crippen LogP) is 4.42. The van der Waals surface area contributed by atoms with Crippen molar-refractivity contribution in [2.75, 3.05) is 6.61 Å². The molecule has 0 aliphatic heterocycles. The molecule has 0 fully saturated rings. The van der Waals surface area contributed by atoms with Gasteiger partial charge in [-0.1, -0.05) is 96.8 Å². The van der Waals surface area contributed by atoms with Crippen molar-refractivity contribution in [2.45, 2.75) is 116 Å². The lowest BCUT2D eigenvalue weighted by Crippen LogP contribution is -2.66. The molecule has 0 saturated carbocycles. The van der Waals surface area contributed by atoms with Gasteiger partial charge in [-0.05, 0) is 6.42 Å². The third-order valence-electron chi connectivity index (χ3n) is 4.70. The number of hydrogen-bond donors (Lipinski definition) is 2. The monoisotopic (exact) mass is 328 g/mol. The first-order chi connectivity index (χ1) is 11.2. The van der Waals surface area contributed by atoms with Crippen molar-refractivity contribution in [3.63, 3.8) is 0 Å². The van der Waals surface area contributed by atoms with Gasteiger partial charge in [-0.15, -0.1) is 0 Å². The van der Waals surface area contributed by atoms with E-state index in [1.54, 1.807) is 0 Å². The lowest BCUT2D eigenvalue weighted by atomic mass is 10.0. The van der Waals surface area contributed by atoms with Crippen molar-refractivity contribution in [2.24, 2.45) is 0 Å². The maximum absolute atomic E-state index is 11.5. The van der Waals surface area contributed by atoms with E-state index in [0.717, 1.165) is 12.8 Å². The first kappa shape index (κ1) is 22.6. The van der Waals surface area contributed by atoms with Gasteiger partial charge < -0.3 is 10.8 Å². The molecule has 3 heteroatoms. The summed E-state index contributed by atoms with van der Waals surface area (Å²) in [4.78, 5) is 11.5. The molecule has 0 rings (SSSR count). The van der Waals surface area contributed by atoms with Gasteiger partial charge in [0.25, 0.3) is 0 Å². The van der Waals surface area contributed by atoms with Crippen LogP contribution in [0, 0.1) is 0 Å². The largest absolute Gasteiger partial charge is 0.390 e. The van der Waals surface area contributed by atoms with E-state index in [2.05, 4.69) is 12.7 Å². The van der Waals surface area contributed by atoms with Gasteiger partial charge in [-0.2, -0.15) is 0 Å². The predicted molar refractivity (Wildman–Crippen MR) is 98.3 cm³/mol. The van der Waals surface area contributed by atoms with E-state index in [1.165, 1.54) is 83.5 Å². The van der Waals surface area contributed by atoms with Gasteiger partial charge in [0.2, 0.25) is 0 Å². The summed E-state index contributed by atoms with van der Waals surface area (Å²) < 4.78 is 0. The van der Waals surface area contributed by atoms with E-state index in [4.69, 9.17) is 5.11 Å². The summed E-state index contributed by atoms with van der Waals surface area (Å²) in [7, 11) is 0. The minimum absolute atomic E-state index is 0.113. The van der Waals surface area contributed by atoms with E-state index in [1.807, 2.05) is 0 Å². The number of ketones is 1. The van der Waals surface area contributed by atoms with Crippen LogP contribution in [-0.2, 0) is 4.79 Å². The van der Waals surface area contributed by atoms with Gasteiger partial charge in [0.15, 0.2) is 11.8 Å². The Labute approximate surface area is 144 Å². The Morgan fingerprint density at radius 1 is 0.739 bits per heavy atom. The molecular formula is C20H42NO2+. The Morgan fingerprint density at radius 2 is 1.09 bits per heavy atom. The van der Waals surface area contributed by atoms with Crippen LogP contribution in [0.15, 0.2) is 0 Å². The van der Waals surface area contributed by atoms with Crippen LogP contribution < -0.4 is 5.73 Å². The Bertz CT molecular complexity index is 256. The third kappa shape index (κ3) is 16.2. The second-order valence-corrected chi connectivity index (χ2v) is 7.05. The number of aliphatic hydroxyl groups excluding tert-OH is 1. The Morgan fingerprint density at radius 3 is 1.43 bits per heavy atom. The topological polar surface area (TPSA) is 64.9 Å². The van der Waals surface area contributed by atoms with Crippen molar-refractivity contribution in [1.82, 2.24) is 0 Å². The Hall–Kier alpha value is -0.410. The molecule has 0 saturated heterocycles. The fraction of sp³-hybridized carbons (Fsp3) is 0.950. The highest BCUT2D eigenvalue weighted by Gasteiger charge is 2.14. The summed E-state index contributed by atoms with van der Waals surface area (Å²) >= 11 is 0. The Kier molecular flexibility index (Phi) is 17.6. The van der Waals surface area contributed by atoms with E-state index < -0.39 is 6.04 Å². The van der Waals surface area contributed by atoms with Crippen LogP contribution in [0.1, 0.15) is 110 Å². The quantitative estimate of drug-likeness (QED) is 0.366. The number of Topliss-reactive ketones (excluding diaryl/α,β-unsaturated/α-hetero) is 1. The average Bonchev–Trinajstić information content (AvgIpc) is 2.57. The van der Waals surface area contributed by atoms with E-state index in [0.29, 0.717) is 6.42 Å². The standard InChI is InChI=1S/C20H41NO2/c1-2-3-4-5-6-7-8-9-10-11-12-13-14-15-16-17-20(23)19(21)18-22/h19,22H,2-18,21H2,1H3/p+1/t19-/m0/s1. The van der Waals surface area contributed by atoms with Crippen molar-refractivity contribution in [1.29, 1.82) is 0 Å². The zero-order valence-corrected chi connectivity index (χ0v) is 15.7. The summed E-state index contributed by atoms with van der Waals surface area (Å²) in [6, 6.07) is -0.415. The second kappa shape index (κ2) is 17.9. The van der Waals surface area contributed by atoms with Gasteiger partial charge in [-0.25, -0.2) is 0 Å². The molecule has 4 N–H and O–H groups in total. The van der Waals surface area contributed by atoms with E-state index >= 15 is 0 Å². The van der Waals surface area contributed by atoms with Gasteiger partial charge >= 0.3 is 0 Å². The first-order valence-corrected chi connectivity index (χ1v) is 10.2. The van der Waals surface area contributed by atoms with Gasteiger partial charge in [-0.3, -0.25) is 4.79 Å². The fourth-order valence-electron chi connectivity index (χ4n) is 2.98. The lowest BCUT2D eigenvalue weighted by molar-refractivity contribution is -0.408. The molecule has 0 bridgehead atoms. The summed E-state index contributed by atoms with van der Waals surface area (Å²) in [6.45, 7) is 2.16. The number of unbranched alkanes of at least 4 members (excludes halogenated alkanes) is 14.